The van der Waals surface area contributed by atoms with Crippen LogP contribution >= 0.6 is 58.0 Å². The van der Waals surface area contributed by atoms with Crippen molar-refractivity contribution < 1.29 is 14.7 Å². The summed E-state index contributed by atoms with van der Waals surface area (Å²) in [5.74, 6) is -1.44. The Labute approximate surface area is 259 Å². The Morgan fingerprint density at radius 2 is 1.59 bits per heavy atom. The third kappa shape index (κ3) is 5.14. The summed E-state index contributed by atoms with van der Waals surface area (Å²) in [5, 5.41) is 9.10. The summed E-state index contributed by atoms with van der Waals surface area (Å²) in [6.45, 7) is 6.32. The first kappa shape index (κ1) is 28.2. The Bertz CT molecular complexity index is 1880. The Hall–Kier alpha value is -2.96. The molecule has 1 aromatic carbocycles. The highest BCUT2D eigenvalue weighted by atomic mass is 32.2. The van der Waals surface area contributed by atoms with E-state index in [4.69, 9.17) is 17.3 Å². The van der Waals surface area contributed by atoms with Crippen LogP contribution in [0.3, 0.4) is 0 Å². The molecule has 4 aromatic heterocycles. The third-order valence-electron chi connectivity index (χ3n) is 6.76. The highest BCUT2D eigenvalue weighted by molar-refractivity contribution is 8.26. The number of anilines is 1. The van der Waals surface area contributed by atoms with E-state index in [0.29, 0.717) is 4.91 Å². The van der Waals surface area contributed by atoms with E-state index in [0.717, 1.165) is 26.4 Å². The van der Waals surface area contributed by atoms with E-state index < -0.39 is 12.5 Å². The molecule has 1 fully saturated rings. The molecule has 1 N–H and O–H groups in total. The number of aliphatic carboxylic acids is 1. The summed E-state index contributed by atoms with van der Waals surface area (Å²) < 4.78 is 5.32. The van der Waals surface area contributed by atoms with Crippen LogP contribution in [-0.4, -0.2) is 51.4 Å². The van der Waals surface area contributed by atoms with Gasteiger partial charge in [-0.3, -0.25) is 14.5 Å². The molecule has 0 saturated carbocycles. The molecule has 0 radical (unpaired) electrons. The van der Waals surface area contributed by atoms with Gasteiger partial charge in [0.15, 0.2) is 0 Å². The molecule has 1 saturated heterocycles. The third-order valence-corrected chi connectivity index (χ3v) is 11.8. The molecule has 0 spiro atoms. The minimum atomic E-state index is -1.08. The molecular formula is C30H27N3O3S5. The quantitative estimate of drug-likeness (QED) is 0.149. The van der Waals surface area contributed by atoms with Gasteiger partial charge in [-0.05, 0) is 68.8 Å². The number of carboxylic acid groups (broad SMARTS) is 1. The van der Waals surface area contributed by atoms with Gasteiger partial charge in [-0.25, -0.2) is 0 Å². The average Bonchev–Trinajstić information content (AvgIpc) is 3.69. The maximum absolute atomic E-state index is 12.7. The summed E-state index contributed by atoms with van der Waals surface area (Å²) in [6, 6.07) is 17.4. The molecule has 1 amide bonds. The molecule has 0 bridgehead atoms. The van der Waals surface area contributed by atoms with E-state index >= 15 is 0 Å². The van der Waals surface area contributed by atoms with E-state index in [1.54, 1.807) is 22.7 Å². The van der Waals surface area contributed by atoms with E-state index in [-0.39, 0.29) is 15.8 Å². The molecule has 5 aromatic rings. The fraction of sp³-hybridized carbons (Fsp3) is 0.233. The van der Waals surface area contributed by atoms with Gasteiger partial charge in [-0.2, -0.15) is 0 Å². The number of hydrogen-bond donors (Lipinski definition) is 1. The predicted molar refractivity (Wildman–Crippen MR) is 181 cm³/mol. The number of fused-ring (bicyclic) bond motifs is 3. The van der Waals surface area contributed by atoms with Gasteiger partial charge in [0.05, 0.1) is 25.3 Å². The number of nitrogens with zero attached hydrogens (tertiary/aromatic N) is 3. The fourth-order valence-electron chi connectivity index (χ4n) is 4.92. The zero-order chi connectivity index (χ0) is 29.2. The van der Waals surface area contributed by atoms with Gasteiger partial charge >= 0.3 is 5.97 Å². The summed E-state index contributed by atoms with van der Waals surface area (Å²) in [4.78, 5) is 32.0. The molecule has 0 atom stereocenters. The molecule has 1 aliphatic heterocycles. The van der Waals surface area contributed by atoms with Crippen molar-refractivity contribution in [3.8, 4) is 20.2 Å². The predicted octanol–water partition coefficient (Wildman–Crippen LogP) is 8.42. The van der Waals surface area contributed by atoms with Gasteiger partial charge in [0.2, 0.25) is 0 Å². The monoisotopic (exact) mass is 637 g/mol. The molecule has 5 heterocycles. The first-order chi connectivity index (χ1) is 19.4. The van der Waals surface area contributed by atoms with E-state index in [9.17, 15) is 9.59 Å². The number of benzene rings is 1. The number of aromatic nitrogens is 1. The maximum atomic E-state index is 12.7. The number of thiophene rings is 3. The minimum absolute atomic E-state index is 0.100. The average molecular weight is 638 g/mol. The molecule has 41 heavy (non-hydrogen) atoms. The fourth-order valence-corrected chi connectivity index (χ4v) is 9.71. The molecular weight excluding hydrogens is 611 g/mol. The lowest BCUT2D eigenvalue weighted by atomic mass is 10.1. The number of carbonyl (C=O) groups excluding carboxylic acids is 1. The van der Waals surface area contributed by atoms with E-state index in [2.05, 4.69) is 86.8 Å². The summed E-state index contributed by atoms with van der Waals surface area (Å²) in [6.07, 6.45) is 1.81. The standard InChI is InChI=1S/C30H27N3O3S5/c1-30(2,3)33-19-13-22(16-6-8-17(9-7-16)31(4)5)39-26(19)27-20(33)14-23(40-27)21-11-10-18(38-21)12-24-28(36)32(15-25(34)35)29(37)41-24/h6-14H,15H2,1-5H3,(H,34,35)/b24-12-. The van der Waals surface area contributed by atoms with Crippen LogP contribution < -0.4 is 4.90 Å². The second-order valence-electron chi connectivity index (χ2n) is 11.0. The van der Waals surface area contributed by atoms with Crippen LogP contribution in [0.5, 0.6) is 0 Å². The highest BCUT2D eigenvalue weighted by Crippen LogP contribution is 2.48. The highest BCUT2D eigenvalue weighted by Gasteiger charge is 2.33. The summed E-state index contributed by atoms with van der Waals surface area (Å²) in [7, 11) is 4.11. The van der Waals surface area contributed by atoms with Crippen LogP contribution in [0, 0.1) is 0 Å². The summed E-state index contributed by atoms with van der Waals surface area (Å²) >= 11 is 11.6. The minimum Gasteiger partial charge on any atom is -0.480 e. The second-order valence-corrected chi connectivity index (χ2v) is 15.9. The Balaban J connectivity index is 1.37. The first-order valence-corrected chi connectivity index (χ1v) is 16.5. The van der Waals surface area contributed by atoms with Gasteiger partial charge in [0, 0.05) is 44.8 Å². The van der Waals surface area contributed by atoms with Crippen molar-refractivity contribution in [1.29, 1.82) is 0 Å². The number of carbonyl (C=O) groups is 2. The lowest BCUT2D eigenvalue weighted by Gasteiger charge is -2.23. The van der Waals surface area contributed by atoms with Crippen LogP contribution in [0.25, 0.3) is 46.7 Å². The molecule has 11 heteroatoms. The molecule has 210 valence electrons. The number of hydrogen-bond acceptors (Lipinski definition) is 8. The van der Waals surface area contributed by atoms with Crippen molar-refractivity contribution in [3.05, 3.63) is 58.3 Å². The number of rotatable bonds is 6. The largest absolute Gasteiger partial charge is 0.480 e. The van der Waals surface area contributed by atoms with Crippen molar-refractivity contribution in [2.75, 3.05) is 25.5 Å². The van der Waals surface area contributed by atoms with Crippen LogP contribution in [-0.2, 0) is 15.1 Å². The van der Waals surface area contributed by atoms with Crippen molar-refractivity contribution >= 4 is 106 Å². The SMILES string of the molecule is CN(C)c1ccc(-c2cc3c(s2)c2sc(-c4ccc(/C=C5\SC(=S)N(CC(=O)O)C5=O)s4)cc2n3C(C)(C)C)cc1. The summed E-state index contributed by atoms with van der Waals surface area (Å²) in [5.41, 5.74) is 4.80. The van der Waals surface area contributed by atoms with Gasteiger partial charge < -0.3 is 14.6 Å². The lowest BCUT2D eigenvalue weighted by Crippen LogP contribution is -2.33. The lowest BCUT2D eigenvalue weighted by molar-refractivity contribution is -0.140. The Morgan fingerprint density at radius 3 is 2.20 bits per heavy atom. The van der Waals surface area contributed by atoms with Crippen molar-refractivity contribution in [2.45, 2.75) is 26.3 Å². The van der Waals surface area contributed by atoms with Gasteiger partial charge in [-0.15, -0.1) is 34.0 Å². The van der Waals surface area contributed by atoms with Crippen LogP contribution in [0.4, 0.5) is 5.69 Å². The normalized spacial score (nSPS) is 15.2. The molecule has 6 nitrogen and oxygen atoms in total. The van der Waals surface area contributed by atoms with E-state index in [1.165, 1.54) is 41.4 Å². The molecule has 0 aliphatic carbocycles. The number of amides is 1. The van der Waals surface area contributed by atoms with Crippen molar-refractivity contribution in [3.63, 3.8) is 0 Å². The van der Waals surface area contributed by atoms with Crippen molar-refractivity contribution in [1.82, 2.24) is 9.47 Å². The maximum Gasteiger partial charge on any atom is 0.323 e. The van der Waals surface area contributed by atoms with Crippen LogP contribution in [0.15, 0.2) is 53.4 Å². The van der Waals surface area contributed by atoms with Crippen molar-refractivity contribution in [2.24, 2.45) is 0 Å². The zero-order valence-corrected chi connectivity index (χ0v) is 27.1. The van der Waals surface area contributed by atoms with Gasteiger partial charge in [-0.1, -0.05) is 36.1 Å². The topological polar surface area (TPSA) is 65.8 Å². The van der Waals surface area contributed by atoms with Crippen LogP contribution in [0.1, 0.15) is 25.6 Å². The Morgan fingerprint density at radius 1 is 0.951 bits per heavy atom. The number of thioether (sulfide) groups is 1. The second kappa shape index (κ2) is 10.4. The van der Waals surface area contributed by atoms with Gasteiger partial charge in [0.25, 0.3) is 5.91 Å². The molecule has 6 rings (SSSR count). The van der Waals surface area contributed by atoms with Crippen LogP contribution in [0.2, 0.25) is 0 Å². The smallest absolute Gasteiger partial charge is 0.323 e. The van der Waals surface area contributed by atoms with E-state index in [1.807, 2.05) is 23.5 Å². The zero-order valence-electron chi connectivity index (χ0n) is 23.0. The first-order valence-electron chi connectivity index (χ1n) is 12.8. The number of thiocarbonyl (C=S) groups is 1. The molecule has 1 aliphatic rings. The Kier molecular flexibility index (Phi) is 7.14. The number of carboxylic acids is 1. The van der Waals surface area contributed by atoms with Gasteiger partial charge in [0.1, 0.15) is 10.9 Å². The molecule has 0 unspecified atom stereocenters.